The van der Waals surface area contributed by atoms with Crippen LogP contribution in [-0.2, 0) is 4.74 Å². The molecule has 3 rings (SSSR count). The van der Waals surface area contributed by atoms with Gasteiger partial charge in [-0.05, 0) is 56.2 Å². The first-order chi connectivity index (χ1) is 12.5. The Morgan fingerprint density at radius 1 is 0.885 bits per heavy atom. The SMILES string of the molecule is COC(=O)c1c(C)c(C)n(-c2ccc(OC)cc2)c1-c1ccc(C)cc1. The van der Waals surface area contributed by atoms with Gasteiger partial charge in [-0.25, -0.2) is 4.79 Å². The Morgan fingerprint density at radius 3 is 2.04 bits per heavy atom. The van der Waals surface area contributed by atoms with Gasteiger partial charge >= 0.3 is 5.97 Å². The summed E-state index contributed by atoms with van der Waals surface area (Å²) in [4.78, 5) is 12.5. The monoisotopic (exact) mass is 349 g/mol. The molecule has 0 saturated carbocycles. The fourth-order valence-corrected chi connectivity index (χ4v) is 3.20. The highest BCUT2D eigenvalue weighted by atomic mass is 16.5. The van der Waals surface area contributed by atoms with Gasteiger partial charge in [0, 0.05) is 11.4 Å². The molecule has 134 valence electrons. The molecular formula is C22H23NO3. The van der Waals surface area contributed by atoms with Crippen LogP contribution < -0.4 is 4.74 Å². The second-order valence-corrected chi connectivity index (χ2v) is 6.33. The molecule has 2 aromatic carbocycles. The van der Waals surface area contributed by atoms with Gasteiger partial charge in [0.25, 0.3) is 0 Å². The van der Waals surface area contributed by atoms with Crippen LogP contribution in [0.2, 0.25) is 0 Å². The summed E-state index contributed by atoms with van der Waals surface area (Å²) < 4.78 is 12.4. The fourth-order valence-electron chi connectivity index (χ4n) is 3.20. The number of rotatable bonds is 4. The lowest BCUT2D eigenvalue weighted by atomic mass is 10.0. The minimum Gasteiger partial charge on any atom is -0.497 e. The van der Waals surface area contributed by atoms with E-state index in [1.165, 1.54) is 12.7 Å². The predicted molar refractivity (Wildman–Crippen MR) is 103 cm³/mol. The number of carbonyl (C=O) groups is 1. The van der Waals surface area contributed by atoms with Crippen LogP contribution in [0.15, 0.2) is 48.5 Å². The average molecular weight is 349 g/mol. The number of methoxy groups -OCH3 is 2. The van der Waals surface area contributed by atoms with Gasteiger partial charge < -0.3 is 14.0 Å². The third-order valence-corrected chi connectivity index (χ3v) is 4.76. The van der Waals surface area contributed by atoms with Crippen LogP contribution in [0.3, 0.4) is 0 Å². The lowest BCUT2D eigenvalue weighted by Gasteiger charge is -2.14. The van der Waals surface area contributed by atoms with Crippen molar-refractivity contribution in [3.8, 4) is 22.7 Å². The van der Waals surface area contributed by atoms with Crippen LogP contribution in [0.4, 0.5) is 0 Å². The smallest absolute Gasteiger partial charge is 0.340 e. The van der Waals surface area contributed by atoms with E-state index in [1.54, 1.807) is 7.11 Å². The molecule has 0 atom stereocenters. The standard InChI is InChI=1S/C22H23NO3/c1-14-6-8-17(9-7-14)21-20(22(24)26-5)15(2)16(3)23(21)18-10-12-19(25-4)13-11-18/h6-13H,1-5H3. The Balaban J connectivity index is 2.31. The van der Waals surface area contributed by atoms with Crippen LogP contribution in [0, 0.1) is 20.8 Å². The maximum absolute atomic E-state index is 12.5. The summed E-state index contributed by atoms with van der Waals surface area (Å²) in [5.74, 6) is 0.466. The molecule has 0 aliphatic heterocycles. The molecule has 0 unspecified atom stereocenters. The first-order valence-corrected chi connectivity index (χ1v) is 8.49. The second kappa shape index (κ2) is 7.08. The van der Waals surface area contributed by atoms with Crippen molar-refractivity contribution in [3.05, 3.63) is 70.9 Å². The van der Waals surface area contributed by atoms with Crippen molar-refractivity contribution < 1.29 is 14.3 Å². The molecule has 4 nitrogen and oxygen atoms in total. The largest absolute Gasteiger partial charge is 0.497 e. The van der Waals surface area contributed by atoms with Crippen molar-refractivity contribution in [2.45, 2.75) is 20.8 Å². The van der Waals surface area contributed by atoms with Gasteiger partial charge in [0.05, 0.1) is 25.5 Å². The molecule has 26 heavy (non-hydrogen) atoms. The highest BCUT2D eigenvalue weighted by molar-refractivity contribution is 5.99. The number of hydrogen-bond acceptors (Lipinski definition) is 3. The third-order valence-electron chi connectivity index (χ3n) is 4.76. The van der Waals surface area contributed by atoms with E-state index < -0.39 is 0 Å². The van der Waals surface area contributed by atoms with Crippen molar-refractivity contribution in [2.24, 2.45) is 0 Å². The number of esters is 1. The molecule has 0 bridgehead atoms. The predicted octanol–water partition coefficient (Wildman–Crippen LogP) is 4.86. The van der Waals surface area contributed by atoms with Crippen LogP contribution in [-0.4, -0.2) is 24.8 Å². The van der Waals surface area contributed by atoms with E-state index in [0.717, 1.165) is 34.0 Å². The van der Waals surface area contributed by atoms with Crippen LogP contribution in [0.1, 0.15) is 27.2 Å². The molecule has 0 spiro atoms. The Kier molecular flexibility index (Phi) is 4.85. The fraction of sp³-hybridized carbons (Fsp3) is 0.227. The molecule has 0 saturated heterocycles. The number of nitrogens with zero attached hydrogens (tertiary/aromatic N) is 1. The van der Waals surface area contributed by atoms with Crippen molar-refractivity contribution in [1.82, 2.24) is 4.57 Å². The van der Waals surface area contributed by atoms with Crippen molar-refractivity contribution in [1.29, 1.82) is 0 Å². The highest BCUT2D eigenvalue weighted by Crippen LogP contribution is 2.35. The number of hydrogen-bond donors (Lipinski definition) is 0. The number of ether oxygens (including phenoxy) is 2. The average Bonchev–Trinajstić information content (AvgIpc) is 2.93. The second-order valence-electron chi connectivity index (χ2n) is 6.33. The molecule has 0 aliphatic rings. The van der Waals surface area contributed by atoms with Gasteiger partial charge in [-0.2, -0.15) is 0 Å². The summed E-state index contributed by atoms with van der Waals surface area (Å²) in [5, 5.41) is 0. The van der Waals surface area contributed by atoms with E-state index in [9.17, 15) is 4.79 Å². The van der Waals surface area contributed by atoms with E-state index >= 15 is 0 Å². The summed E-state index contributed by atoms with van der Waals surface area (Å²) in [6, 6.07) is 16.0. The van der Waals surface area contributed by atoms with Gasteiger partial charge in [0.15, 0.2) is 0 Å². The van der Waals surface area contributed by atoms with Gasteiger partial charge in [-0.1, -0.05) is 29.8 Å². The van der Waals surface area contributed by atoms with Gasteiger partial charge in [-0.3, -0.25) is 0 Å². The van der Waals surface area contributed by atoms with E-state index in [0.29, 0.717) is 5.56 Å². The third kappa shape index (κ3) is 2.99. The molecular weight excluding hydrogens is 326 g/mol. The summed E-state index contributed by atoms with van der Waals surface area (Å²) in [6.45, 7) is 6.02. The van der Waals surface area contributed by atoms with Crippen molar-refractivity contribution in [3.63, 3.8) is 0 Å². The van der Waals surface area contributed by atoms with E-state index in [2.05, 4.69) is 4.57 Å². The molecule has 0 fully saturated rings. The Morgan fingerprint density at radius 2 is 1.50 bits per heavy atom. The summed E-state index contributed by atoms with van der Waals surface area (Å²) in [7, 11) is 3.06. The summed E-state index contributed by atoms with van der Waals surface area (Å²) in [5.41, 5.74) is 6.49. The zero-order valence-corrected chi connectivity index (χ0v) is 15.8. The van der Waals surface area contributed by atoms with Gasteiger partial charge in [-0.15, -0.1) is 0 Å². The Bertz CT molecular complexity index is 935. The van der Waals surface area contributed by atoms with Crippen LogP contribution in [0.25, 0.3) is 16.9 Å². The number of aromatic nitrogens is 1. The lowest BCUT2D eigenvalue weighted by molar-refractivity contribution is 0.0601. The van der Waals surface area contributed by atoms with E-state index in [-0.39, 0.29) is 5.97 Å². The Hall–Kier alpha value is -3.01. The van der Waals surface area contributed by atoms with E-state index in [4.69, 9.17) is 9.47 Å². The summed E-state index contributed by atoms with van der Waals surface area (Å²) in [6.07, 6.45) is 0. The molecule has 0 amide bonds. The normalized spacial score (nSPS) is 10.7. The molecule has 0 aliphatic carbocycles. The maximum atomic E-state index is 12.5. The zero-order chi connectivity index (χ0) is 18.8. The Labute approximate surface area is 154 Å². The first-order valence-electron chi connectivity index (χ1n) is 8.49. The lowest BCUT2D eigenvalue weighted by Crippen LogP contribution is -2.05. The molecule has 4 heteroatoms. The first kappa shape index (κ1) is 17.8. The molecule has 3 aromatic rings. The van der Waals surface area contributed by atoms with Crippen LogP contribution >= 0.6 is 0 Å². The van der Waals surface area contributed by atoms with Crippen molar-refractivity contribution in [2.75, 3.05) is 14.2 Å². The minimum atomic E-state index is -0.326. The van der Waals surface area contributed by atoms with Crippen LogP contribution in [0.5, 0.6) is 5.75 Å². The number of benzene rings is 2. The van der Waals surface area contributed by atoms with Gasteiger partial charge in [0.2, 0.25) is 0 Å². The maximum Gasteiger partial charge on any atom is 0.340 e. The number of aryl methyl sites for hydroxylation is 1. The van der Waals surface area contributed by atoms with Crippen molar-refractivity contribution >= 4 is 5.97 Å². The highest BCUT2D eigenvalue weighted by Gasteiger charge is 2.25. The minimum absolute atomic E-state index is 0.326. The zero-order valence-electron chi connectivity index (χ0n) is 15.8. The molecule has 1 heterocycles. The molecule has 1 aromatic heterocycles. The van der Waals surface area contributed by atoms with Gasteiger partial charge in [0.1, 0.15) is 5.75 Å². The number of carbonyl (C=O) groups excluding carboxylic acids is 1. The molecule has 0 N–H and O–H groups in total. The topological polar surface area (TPSA) is 40.5 Å². The molecule has 0 radical (unpaired) electrons. The van der Waals surface area contributed by atoms with E-state index in [1.807, 2.05) is 69.3 Å². The summed E-state index contributed by atoms with van der Waals surface area (Å²) >= 11 is 0. The quantitative estimate of drug-likeness (QED) is 0.631.